The fourth-order valence-corrected chi connectivity index (χ4v) is 1.15. The molecule has 0 saturated heterocycles. The minimum Gasteiger partial charge on any atom is -0.478 e. The lowest BCUT2D eigenvalue weighted by atomic mass is 10.2. The van der Waals surface area contributed by atoms with Gasteiger partial charge in [0.15, 0.2) is 6.29 Å². The molecule has 0 bridgehead atoms. The normalized spacial score (nSPS) is 11.4. The first-order chi connectivity index (χ1) is 8.45. The van der Waals surface area contributed by atoms with Gasteiger partial charge in [-0.3, -0.25) is 4.79 Å². The molecule has 1 rings (SSSR count). The Morgan fingerprint density at radius 2 is 1.72 bits per heavy atom. The number of carbonyl (C=O) groups is 3. The molecule has 0 aliphatic heterocycles. The molecule has 0 radical (unpaired) electrons. The van der Waals surface area contributed by atoms with Gasteiger partial charge in [-0.25, -0.2) is 9.59 Å². The van der Waals surface area contributed by atoms with Crippen molar-refractivity contribution in [2.24, 2.45) is 0 Å². The number of allylic oxidation sites excluding steroid dienone is 1. The molecule has 0 aromatic heterocycles. The predicted octanol–water partition coefficient (Wildman–Crippen LogP) is 1.50. The van der Waals surface area contributed by atoms with Crippen molar-refractivity contribution in [3.05, 3.63) is 40.6 Å². The van der Waals surface area contributed by atoms with Crippen molar-refractivity contribution in [3.8, 4) is 5.75 Å². The van der Waals surface area contributed by atoms with E-state index in [0.717, 1.165) is 0 Å². The van der Waals surface area contributed by atoms with E-state index in [-0.39, 0.29) is 17.6 Å². The Morgan fingerprint density at radius 1 is 1.17 bits per heavy atom. The number of ether oxygens (including phenoxy) is 1. The lowest BCUT2D eigenvalue weighted by molar-refractivity contribution is -0.135. The van der Waals surface area contributed by atoms with Gasteiger partial charge in [-0.05, 0) is 24.3 Å². The Morgan fingerprint density at radius 3 is 2.11 bits per heavy atom. The van der Waals surface area contributed by atoms with Crippen LogP contribution in [-0.4, -0.2) is 28.4 Å². The number of aliphatic carboxylic acids is 1. The molecule has 1 aromatic carbocycles. The second kappa shape index (κ2) is 5.83. The highest BCUT2D eigenvalue weighted by atomic mass is 35.5. The van der Waals surface area contributed by atoms with Gasteiger partial charge in [0.25, 0.3) is 0 Å². The molecular formula is C11H7ClO6. The van der Waals surface area contributed by atoms with Gasteiger partial charge < -0.3 is 14.9 Å². The topological polar surface area (TPSA) is 101 Å². The number of rotatable bonds is 5. The highest BCUT2D eigenvalue weighted by molar-refractivity contribution is 6.40. The highest BCUT2D eigenvalue weighted by Crippen LogP contribution is 2.18. The lowest BCUT2D eigenvalue weighted by Gasteiger charge is -2.06. The first-order valence-electron chi connectivity index (χ1n) is 4.55. The lowest BCUT2D eigenvalue weighted by Crippen LogP contribution is -2.10. The molecule has 0 aliphatic rings. The summed E-state index contributed by atoms with van der Waals surface area (Å²) in [5.41, 5.74) is 0.0182. The predicted molar refractivity (Wildman–Crippen MR) is 60.6 cm³/mol. The highest BCUT2D eigenvalue weighted by Gasteiger charge is 2.16. The summed E-state index contributed by atoms with van der Waals surface area (Å²) in [5, 5.41) is 16.8. The van der Waals surface area contributed by atoms with E-state index in [1.165, 1.54) is 24.3 Å². The smallest absolute Gasteiger partial charge is 0.373 e. The SMILES string of the molecule is O=CC(Cl)=C(Oc1ccc(C(=O)O)cc1)C(=O)O. The maximum atomic E-state index is 10.8. The second-order valence-corrected chi connectivity index (χ2v) is 3.44. The van der Waals surface area contributed by atoms with Gasteiger partial charge in [-0.1, -0.05) is 11.6 Å². The van der Waals surface area contributed by atoms with Crippen LogP contribution in [0.25, 0.3) is 0 Å². The molecule has 0 saturated carbocycles. The van der Waals surface area contributed by atoms with Gasteiger partial charge in [0.2, 0.25) is 5.76 Å². The molecule has 18 heavy (non-hydrogen) atoms. The molecule has 94 valence electrons. The van der Waals surface area contributed by atoms with E-state index in [0.29, 0.717) is 0 Å². The summed E-state index contributed by atoms with van der Waals surface area (Å²) in [5.74, 6) is -3.30. The summed E-state index contributed by atoms with van der Waals surface area (Å²) in [6.45, 7) is 0. The fraction of sp³-hybridized carbons (Fsp3) is 0. The minimum atomic E-state index is -1.51. The summed E-state index contributed by atoms with van der Waals surface area (Å²) in [4.78, 5) is 31.7. The number of hydrogen-bond donors (Lipinski definition) is 2. The average molecular weight is 271 g/mol. The van der Waals surface area contributed by atoms with Gasteiger partial charge >= 0.3 is 11.9 Å². The number of hydrogen-bond acceptors (Lipinski definition) is 4. The van der Waals surface area contributed by atoms with Crippen molar-refractivity contribution in [2.75, 3.05) is 0 Å². The van der Waals surface area contributed by atoms with Crippen LogP contribution in [0.3, 0.4) is 0 Å². The number of aldehydes is 1. The van der Waals surface area contributed by atoms with Crippen LogP contribution in [0.15, 0.2) is 35.1 Å². The van der Waals surface area contributed by atoms with Gasteiger partial charge in [0.05, 0.1) is 5.56 Å². The van der Waals surface area contributed by atoms with Crippen molar-refractivity contribution in [2.45, 2.75) is 0 Å². The molecule has 2 N–H and O–H groups in total. The second-order valence-electron chi connectivity index (χ2n) is 3.03. The first kappa shape index (κ1) is 13.7. The van der Waals surface area contributed by atoms with Gasteiger partial charge in [0, 0.05) is 0 Å². The molecule has 0 unspecified atom stereocenters. The van der Waals surface area contributed by atoms with E-state index >= 15 is 0 Å². The Bertz CT molecular complexity index is 517. The van der Waals surface area contributed by atoms with Crippen molar-refractivity contribution >= 4 is 29.8 Å². The van der Waals surface area contributed by atoms with Crippen LogP contribution >= 0.6 is 11.6 Å². The van der Waals surface area contributed by atoms with E-state index in [9.17, 15) is 14.4 Å². The molecule has 0 spiro atoms. The molecule has 0 heterocycles. The largest absolute Gasteiger partial charge is 0.478 e. The molecule has 0 atom stereocenters. The van der Waals surface area contributed by atoms with E-state index in [1.54, 1.807) is 0 Å². The van der Waals surface area contributed by atoms with E-state index < -0.39 is 22.7 Å². The third-order valence-electron chi connectivity index (χ3n) is 1.84. The van der Waals surface area contributed by atoms with Crippen LogP contribution in [0.2, 0.25) is 0 Å². The van der Waals surface area contributed by atoms with Gasteiger partial charge in [-0.15, -0.1) is 0 Å². The summed E-state index contributed by atoms with van der Waals surface area (Å²) in [7, 11) is 0. The Kier molecular flexibility index (Phi) is 4.45. The van der Waals surface area contributed by atoms with Crippen molar-refractivity contribution in [3.63, 3.8) is 0 Å². The molecule has 0 fully saturated rings. The Labute approximate surface area is 106 Å². The number of carboxylic acids is 2. The molecule has 0 amide bonds. The standard InChI is InChI=1S/C11H7ClO6/c12-8(5-13)9(11(16)17)18-7-3-1-6(2-4-7)10(14)15/h1-5H,(H,14,15)(H,16,17). The van der Waals surface area contributed by atoms with Crippen molar-refractivity contribution < 1.29 is 29.3 Å². The summed E-state index contributed by atoms with van der Waals surface area (Å²) < 4.78 is 4.89. The molecule has 1 aromatic rings. The maximum absolute atomic E-state index is 10.8. The number of benzene rings is 1. The number of carboxylic acid groups (broad SMARTS) is 2. The number of halogens is 1. The maximum Gasteiger partial charge on any atom is 0.373 e. The summed E-state index contributed by atoms with van der Waals surface area (Å²) >= 11 is 5.37. The van der Waals surface area contributed by atoms with E-state index in [2.05, 4.69) is 0 Å². The monoisotopic (exact) mass is 270 g/mol. The fourth-order valence-electron chi connectivity index (χ4n) is 1.03. The van der Waals surface area contributed by atoms with Crippen LogP contribution in [0.4, 0.5) is 0 Å². The number of carbonyl (C=O) groups excluding carboxylic acids is 1. The zero-order valence-electron chi connectivity index (χ0n) is 8.79. The van der Waals surface area contributed by atoms with Crippen LogP contribution in [0.1, 0.15) is 10.4 Å². The minimum absolute atomic E-state index is 0.0182. The number of aromatic carboxylic acids is 1. The van der Waals surface area contributed by atoms with Gasteiger partial charge in [0.1, 0.15) is 10.8 Å². The summed E-state index contributed by atoms with van der Waals surface area (Å²) in [6.07, 6.45) is 0.136. The Hall–Kier alpha value is -2.34. The van der Waals surface area contributed by atoms with Crippen molar-refractivity contribution in [1.29, 1.82) is 0 Å². The molecule has 0 aliphatic carbocycles. The quantitative estimate of drug-likeness (QED) is 0.478. The van der Waals surface area contributed by atoms with E-state index in [4.69, 9.17) is 26.6 Å². The summed E-state index contributed by atoms with van der Waals surface area (Å²) in [6, 6.07) is 4.96. The zero-order valence-corrected chi connectivity index (χ0v) is 9.55. The van der Waals surface area contributed by atoms with E-state index in [1.807, 2.05) is 0 Å². The van der Waals surface area contributed by atoms with Crippen LogP contribution < -0.4 is 4.74 Å². The van der Waals surface area contributed by atoms with Gasteiger partial charge in [-0.2, -0.15) is 0 Å². The third kappa shape index (κ3) is 3.33. The average Bonchev–Trinajstić information content (AvgIpc) is 2.35. The van der Waals surface area contributed by atoms with Crippen molar-refractivity contribution in [1.82, 2.24) is 0 Å². The third-order valence-corrected chi connectivity index (χ3v) is 2.10. The van der Waals surface area contributed by atoms with Crippen LogP contribution in [0, 0.1) is 0 Å². The first-order valence-corrected chi connectivity index (χ1v) is 4.93. The molecule has 7 heteroatoms. The molecule has 6 nitrogen and oxygen atoms in total. The Balaban J connectivity index is 2.99. The zero-order chi connectivity index (χ0) is 13.7. The van der Waals surface area contributed by atoms with Crippen LogP contribution in [0.5, 0.6) is 5.75 Å². The molecular weight excluding hydrogens is 264 g/mol. The van der Waals surface area contributed by atoms with Crippen LogP contribution in [-0.2, 0) is 9.59 Å².